The Hall–Kier alpha value is -2.22. The molecule has 0 atom stereocenters. The fraction of sp³-hybridized carbons (Fsp3) is 0.214. The van der Waals surface area contributed by atoms with Crippen LogP contribution in [0.3, 0.4) is 0 Å². The molecule has 1 aliphatic heterocycles. The third-order valence-electron chi connectivity index (χ3n) is 2.93. The van der Waals surface area contributed by atoms with E-state index >= 15 is 0 Å². The Bertz CT molecular complexity index is 745. The smallest absolute Gasteiger partial charge is 0.232 e. The Balaban J connectivity index is 1.69. The Morgan fingerprint density at radius 1 is 1.36 bits per heavy atom. The highest BCUT2D eigenvalue weighted by molar-refractivity contribution is 8.14. The van der Waals surface area contributed by atoms with E-state index < -0.39 is 11.6 Å². The highest BCUT2D eigenvalue weighted by atomic mass is 32.2. The van der Waals surface area contributed by atoms with Crippen LogP contribution in [0.25, 0.3) is 11.3 Å². The van der Waals surface area contributed by atoms with E-state index in [4.69, 9.17) is 4.52 Å². The van der Waals surface area contributed by atoms with Gasteiger partial charge >= 0.3 is 0 Å². The van der Waals surface area contributed by atoms with Gasteiger partial charge in [0.2, 0.25) is 5.91 Å². The zero-order chi connectivity index (χ0) is 15.5. The summed E-state index contributed by atoms with van der Waals surface area (Å²) in [6.45, 7) is 0.693. The van der Waals surface area contributed by atoms with E-state index in [1.165, 1.54) is 23.9 Å². The molecule has 0 radical (unpaired) electrons. The molecular formula is C14H11F2N3O2S. The second kappa shape index (κ2) is 6.27. The zero-order valence-electron chi connectivity index (χ0n) is 11.3. The molecule has 114 valence electrons. The van der Waals surface area contributed by atoms with E-state index in [9.17, 15) is 13.6 Å². The molecule has 0 saturated heterocycles. The molecule has 8 heteroatoms. The number of aromatic nitrogens is 1. The summed E-state index contributed by atoms with van der Waals surface area (Å²) in [4.78, 5) is 15.9. The third-order valence-corrected chi connectivity index (χ3v) is 3.82. The number of halogens is 2. The van der Waals surface area contributed by atoms with Crippen molar-refractivity contribution >= 4 is 22.8 Å². The van der Waals surface area contributed by atoms with Gasteiger partial charge in [-0.05, 0) is 12.1 Å². The van der Waals surface area contributed by atoms with Crippen LogP contribution in [0.5, 0.6) is 0 Å². The van der Waals surface area contributed by atoms with Gasteiger partial charge in [0, 0.05) is 17.9 Å². The minimum absolute atomic E-state index is 0.00804. The second-order valence-corrected chi connectivity index (χ2v) is 5.65. The van der Waals surface area contributed by atoms with Crippen LogP contribution in [0.4, 0.5) is 8.78 Å². The molecule has 2 aromatic rings. The van der Waals surface area contributed by atoms with Gasteiger partial charge in [-0.1, -0.05) is 16.9 Å². The predicted molar refractivity (Wildman–Crippen MR) is 78.5 cm³/mol. The van der Waals surface area contributed by atoms with Gasteiger partial charge in [-0.3, -0.25) is 9.79 Å². The van der Waals surface area contributed by atoms with Gasteiger partial charge in [-0.15, -0.1) is 0 Å². The van der Waals surface area contributed by atoms with Crippen molar-refractivity contribution in [2.75, 3.05) is 12.3 Å². The number of hydrogen-bond acceptors (Lipinski definition) is 5. The normalized spacial score (nSPS) is 14.0. The van der Waals surface area contributed by atoms with Crippen molar-refractivity contribution in [3.8, 4) is 11.3 Å². The molecule has 1 N–H and O–H groups in total. The highest BCUT2D eigenvalue weighted by Gasteiger charge is 2.16. The number of nitrogens with one attached hydrogen (secondary N) is 1. The molecule has 1 aromatic carbocycles. The third kappa shape index (κ3) is 3.33. The van der Waals surface area contributed by atoms with Gasteiger partial charge in [-0.25, -0.2) is 8.78 Å². The quantitative estimate of drug-likeness (QED) is 0.942. The lowest BCUT2D eigenvalue weighted by Gasteiger charge is -2.00. The number of hydrogen-bond donors (Lipinski definition) is 1. The number of carbonyl (C=O) groups excluding carboxylic acids is 1. The highest BCUT2D eigenvalue weighted by Crippen LogP contribution is 2.24. The standard InChI is InChI=1S/C14H11F2N3O2S/c15-8-1-2-10(11(16)5-8)12-6-9(19-21-12)7-13(20)18-14-17-3-4-22-14/h1-2,5-6H,3-4,7H2,(H,17,18,20). The van der Waals surface area contributed by atoms with Gasteiger partial charge in [0.05, 0.1) is 24.2 Å². The first-order valence-electron chi connectivity index (χ1n) is 6.50. The van der Waals surface area contributed by atoms with Crippen LogP contribution in [-0.2, 0) is 11.2 Å². The fourth-order valence-corrected chi connectivity index (χ4v) is 2.69. The van der Waals surface area contributed by atoms with Crippen LogP contribution >= 0.6 is 11.8 Å². The Labute approximate surface area is 128 Å². The number of aliphatic imine (C=N–C) groups is 1. The maximum Gasteiger partial charge on any atom is 0.232 e. The molecule has 0 fully saturated rings. The fourth-order valence-electron chi connectivity index (χ4n) is 1.95. The molecule has 2 heterocycles. The van der Waals surface area contributed by atoms with Crippen molar-refractivity contribution in [1.29, 1.82) is 0 Å². The van der Waals surface area contributed by atoms with Crippen molar-refractivity contribution in [2.24, 2.45) is 4.99 Å². The summed E-state index contributed by atoms with van der Waals surface area (Å²) < 4.78 is 31.5. The van der Waals surface area contributed by atoms with Gasteiger partial charge in [0.15, 0.2) is 10.9 Å². The minimum atomic E-state index is -0.746. The average Bonchev–Trinajstić information content (AvgIpc) is 3.10. The number of amides is 1. The lowest BCUT2D eigenvalue weighted by molar-refractivity contribution is -0.119. The molecule has 0 spiro atoms. The molecular weight excluding hydrogens is 312 g/mol. The lowest BCUT2D eigenvalue weighted by atomic mass is 10.1. The van der Waals surface area contributed by atoms with E-state index in [1.807, 2.05) is 0 Å². The summed E-state index contributed by atoms with van der Waals surface area (Å²) >= 11 is 1.48. The number of nitrogens with zero attached hydrogens (tertiary/aromatic N) is 2. The minimum Gasteiger partial charge on any atom is -0.356 e. The predicted octanol–water partition coefficient (Wildman–Crippen LogP) is 2.38. The number of rotatable bonds is 3. The van der Waals surface area contributed by atoms with E-state index in [2.05, 4.69) is 15.5 Å². The summed E-state index contributed by atoms with van der Waals surface area (Å²) in [5, 5.41) is 6.99. The number of amidine groups is 1. The molecule has 22 heavy (non-hydrogen) atoms. The topological polar surface area (TPSA) is 67.5 Å². The van der Waals surface area contributed by atoms with Gasteiger partial charge in [0.1, 0.15) is 11.6 Å². The first-order valence-corrected chi connectivity index (χ1v) is 7.48. The maximum absolute atomic E-state index is 13.7. The Kier molecular flexibility index (Phi) is 4.19. The van der Waals surface area contributed by atoms with E-state index in [0.29, 0.717) is 17.4 Å². The van der Waals surface area contributed by atoms with E-state index in [-0.39, 0.29) is 23.7 Å². The molecule has 1 aliphatic rings. The first-order chi connectivity index (χ1) is 10.6. The molecule has 1 aromatic heterocycles. The van der Waals surface area contributed by atoms with Gasteiger partial charge < -0.3 is 9.84 Å². The SMILES string of the molecule is O=C(Cc1cc(-c2ccc(F)cc2F)on1)NC1=NCCS1. The summed E-state index contributed by atoms with van der Waals surface area (Å²) in [7, 11) is 0. The number of benzene rings is 1. The molecule has 1 amide bonds. The lowest BCUT2D eigenvalue weighted by Crippen LogP contribution is -2.28. The van der Waals surface area contributed by atoms with Crippen LogP contribution in [0, 0.1) is 11.6 Å². The second-order valence-electron chi connectivity index (χ2n) is 4.57. The molecule has 5 nitrogen and oxygen atoms in total. The summed E-state index contributed by atoms with van der Waals surface area (Å²) in [5.74, 6) is -0.687. The van der Waals surface area contributed by atoms with Crippen molar-refractivity contribution in [3.63, 3.8) is 0 Å². The molecule has 0 aliphatic carbocycles. The average molecular weight is 323 g/mol. The molecule has 0 saturated carbocycles. The van der Waals surface area contributed by atoms with E-state index in [1.54, 1.807) is 0 Å². The molecule has 3 rings (SSSR count). The van der Waals surface area contributed by atoms with Crippen LogP contribution in [-0.4, -0.2) is 28.5 Å². The van der Waals surface area contributed by atoms with Crippen LogP contribution in [0.2, 0.25) is 0 Å². The van der Waals surface area contributed by atoms with Crippen molar-refractivity contribution in [2.45, 2.75) is 6.42 Å². The summed E-state index contributed by atoms with van der Waals surface area (Å²) in [6, 6.07) is 4.61. The van der Waals surface area contributed by atoms with Crippen LogP contribution in [0.1, 0.15) is 5.69 Å². The number of thioether (sulfide) groups is 1. The monoisotopic (exact) mass is 323 g/mol. The zero-order valence-corrected chi connectivity index (χ0v) is 12.1. The molecule has 0 bridgehead atoms. The van der Waals surface area contributed by atoms with Crippen molar-refractivity contribution in [1.82, 2.24) is 10.5 Å². The Morgan fingerprint density at radius 3 is 2.95 bits per heavy atom. The van der Waals surface area contributed by atoms with Crippen molar-refractivity contribution < 1.29 is 18.1 Å². The van der Waals surface area contributed by atoms with Crippen LogP contribution in [0.15, 0.2) is 33.8 Å². The maximum atomic E-state index is 13.7. The van der Waals surface area contributed by atoms with Gasteiger partial charge in [0.25, 0.3) is 0 Å². The number of carbonyl (C=O) groups is 1. The summed E-state index contributed by atoms with van der Waals surface area (Å²) in [5.41, 5.74) is 0.455. The largest absolute Gasteiger partial charge is 0.356 e. The van der Waals surface area contributed by atoms with E-state index in [0.717, 1.165) is 17.9 Å². The van der Waals surface area contributed by atoms with Crippen molar-refractivity contribution in [3.05, 3.63) is 41.6 Å². The summed E-state index contributed by atoms with van der Waals surface area (Å²) in [6.07, 6.45) is -0.00804. The van der Waals surface area contributed by atoms with Crippen LogP contribution < -0.4 is 5.32 Å². The first kappa shape index (κ1) is 14.7. The molecule has 0 unspecified atom stereocenters. The Morgan fingerprint density at radius 2 is 2.23 bits per heavy atom. The van der Waals surface area contributed by atoms with Gasteiger partial charge in [-0.2, -0.15) is 0 Å².